The highest BCUT2D eigenvalue weighted by Crippen LogP contribution is 2.22. The molecule has 0 spiro atoms. The van der Waals surface area contributed by atoms with Crippen molar-refractivity contribution < 1.29 is 15.1 Å². The van der Waals surface area contributed by atoms with Crippen LogP contribution in [0.3, 0.4) is 0 Å². The zero-order valence-electron chi connectivity index (χ0n) is 13.9. The standard InChI is InChI=1S/C19H23N3O2/c1-14-19(24)18(16(13-23)9-20-14)10-21-17-7-8-22(12-17)11-15-5-3-2-4-6-15/h2-6,9-10,17,23-24H,7-8,11-13H2,1H3/p+1/t17-/m1/s1. The Bertz CT molecular complexity index is 716. The van der Waals surface area contributed by atoms with Crippen LogP contribution in [0.15, 0.2) is 41.5 Å². The van der Waals surface area contributed by atoms with E-state index in [9.17, 15) is 10.2 Å². The number of quaternary nitrogens is 1. The number of pyridine rings is 1. The molecule has 2 heterocycles. The lowest BCUT2D eigenvalue weighted by Crippen LogP contribution is -3.09. The van der Waals surface area contributed by atoms with Gasteiger partial charge < -0.3 is 15.1 Å². The van der Waals surface area contributed by atoms with Gasteiger partial charge in [-0.2, -0.15) is 0 Å². The van der Waals surface area contributed by atoms with Crippen LogP contribution in [-0.2, 0) is 13.2 Å². The molecule has 1 aromatic carbocycles. The molecule has 1 aromatic heterocycles. The summed E-state index contributed by atoms with van der Waals surface area (Å²) in [5, 5.41) is 19.6. The summed E-state index contributed by atoms with van der Waals surface area (Å²) in [6.07, 6.45) is 4.33. The molecule has 5 heteroatoms. The van der Waals surface area contributed by atoms with Gasteiger partial charge in [-0.15, -0.1) is 0 Å². The predicted molar refractivity (Wildman–Crippen MR) is 93.4 cm³/mol. The molecule has 0 bridgehead atoms. The maximum Gasteiger partial charge on any atom is 0.145 e. The van der Waals surface area contributed by atoms with E-state index in [4.69, 9.17) is 0 Å². The third-order valence-corrected chi connectivity index (χ3v) is 4.59. The SMILES string of the molecule is Cc1ncc(CO)c(C=N[C@@H]2CC[NH+](Cc3ccccc3)C2)c1O. The molecule has 2 atom stereocenters. The Morgan fingerprint density at radius 2 is 2.12 bits per heavy atom. The number of likely N-dealkylation sites (tertiary alicyclic amines) is 1. The number of benzene rings is 1. The largest absolute Gasteiger partial charge is 0.505 e. The monoisotopic (exact) mass is 326 g/mol. The van der Waals surface area contributed by atoms with E-state index in [0.717, 1.165) is 26.1 Å². The number of aryl methyl sites for hydroxylation is 1. The highest BCUT2D eigenvalue weighted by atomic mass is 16.3. The summed E-state index contributed by atoms with van der Waals surface area (Å²) in [6.45, 7) is 4.71. The molecule has 1 aliphatic heterocycles. The Morgan fingerprint density at radius 3 is 2.88 bits per heavy atom. The first-order valence-electron chi connectivity index (χ1n) is 8.36. The minimum Gasteiger partial charge on any atom is -0.505 e. The van der Waals surface area contributed by atoms with E-state index in [-0.39, 0.29) is 18.4 Å². The summed E-state index contributed by atoms with van der Waals surface area (Å²) in [4.78, 5) is 10.3. The molecule has 1 aliphatic rings. The Morgan fingerprint density at radius 1 is 1.33 bits per heavy atom. The number of nitrogens with one attached hydrogen (secondary N) is 1. The number of aliphatic hydroxyl groups excluding tert-OH is 1. The molecule has 1 saturated heterocycles. The van der Waals surface area contributed by atoms with Gasteiger partial charge in [0.1, 0.15) is 24.9 Å². The zero-order valence-corrected chi connectivity index (χ0v) is 13.9. The van der Waals surface area contributed by atoms with Gasteiger partial charge in [0.25, 0.3) is 0 Å². The molecule has 0 radical (unpaired) electrons. The molecule has 2 aromatic rings. The van der Waals surface area contributed by atoms with Gasteiger partial charge in [-0.25, -0.2) is 0 Å². The summed E-state index contributed by atoms with van der Waals surface area (Å²) in [7, 11) is 0. The highest BCUT2D eigenvalue weighted by molar-refractivity contribution is 5.85. The Labute approximate surface area is 142 Å². The van der Waals surface area contributed by atoms with Gasteiger partial charge >= 0.3 is 0 Å². The third kappa shape index (κ3) is 3.80. The first-order chi connectivity index (χ1) is 11.7. The van der Waals surface area contributed by atoms with Crippen molar-refractivity contribution in [1.29, 1.82) is 0 Å². The van der Waals surface area contributed by atoms with Crippen molar-refractivity contribution in [3.63, 3.8) is 0 Å². The van der Waals surface area contributed by atoms with Crippen molar-refractivity contribution >= 4 is 6.21 Å². The number of aromatic nitrogens is 1. The molecule has 3 N–H and O–H groups in total. The maximum atomic E-state index is 10.2. The van der Waals surface area contributed by atoms with Crippen LogP contribution in [-0.4, -0.2) is 40.5 Å². The van der Waals surface area contributed by atoms with E-state index in [2.05, 4.69) is 34.2 Å². The molecule has 1 unspecified atom stereocenters. The van der Waals surface area contributed by atoms with Crippen LogP contribution in [0.25, 0.3) is 0 Å². The zero-order chi connectivity index (χ0) is 16.9. The summed E-state index contributed by atoms with van der Waals surface area (Å²) in [6, 6.07) is 10.8. The fraction of sp³-hybridized carbons (Fsp3) is 0.368. The van der Waals surface area contributed by atoms with E-state index in [1.165, 1.54) is 10.5 Å². The predicted octanol–water partition coefficient (Wildman–Crippen LogP) is 0.864. The molecule has 0 amide bonds. The second kappa shape index (κ2) is 7.55. The number of aromatic hydroxyl groups is 1. The number of hydrogen-bond donors (Lipinski definition) is 3. The molecule has 126 valence electrons. The number of aliphatic hydroxyl groups is 1. The van der Waals surface area contributed by atoms with Crippen LogP contribution in [0.4, 0.5) is 0 Å². The van der Waals surface area contributed by atoms with Crippen molar-refractivity contribution in [2.45, 2.75) is 32.5 Å². The Kier molecular flexibility index (Phi) is 5.23. The van der Waals surface area contributed by atoms with Crippen LogP contribution in [0, 0.1) is 6.92 Å². The molecular formula is C19H24N3O2+. The van der Waals surface area contributed by atoms with Gasteiger partial charge in [0.2, 0.25) is 0 Å². The van der Waals surface area contributed by atoms with Crippen LogP contribution >= 0.6 is 0 Å². The van der Waals surface area contributed by atoms with Crippen molar-refractivity contribution in [2.75, 3.05) is 13.1 Å². The fourth-order valence-corrected chi connectivity index (χ4v) is 3.18. The average molecular weight is 326 g/mol. The van der Waals surface area contributed by atoms with Crippen molar-refractivity contribution in [1.82, 2.24) is 4.98 Å². The lowest BCUT2D eigenvalue weighted by molar-refractivity contribution is -0.901. The van der Waals surface area contributed by atoms with E-state index >= 15 is 0 Å². The number of nitrogens with zero attached hydrogens (tertiary/aromatic N) is 2. The van der Waals surface area contributed by atoms with Crippen molar-refractivity contribution in [3.8, 4) is 5.75 Å². The summed E-state index contributed by atoms with van der Waals surface area (Å²) in [5.41, 5.74) is 3.09. The Balaban J connectivity index is 1.65. The minimum atomic E-state index is -0.155. The summed E-state index contributed by atoms with van der Waals surface area (Å²) in [5.74, 6) is 0.108. The van der Waals surface area contributed by atoms with Gasteiger partial charge in [0, 0.05) is 35.5 Å². The van der Waals surface area contributed by atoms with Gasteiger partial charge in [-0.3, -0.25) is 9.98 Å². The minimum absolute atomic E-state index is 0.108. The van der Waals surface area contributed by atoms with E-state index in [1.54, 1.807) is 19.3 Å². The van der Waals surface area contributed by atoms with Crippen LogP contribution in [0.2, 0.25) is 0 Å². The lowest BCUT2D eigenvalue weighted by atomic mass is 10.1. The number of aliphatic imine (C=N–C) groups is 1. The van der Waals surface area contributed by atoms with Crippen molar-refractivity contribution in [3.05, 3.63) is 58.9 Å². The first-order valence-corrected chi connectivity index (χ1v) is 8.36. The van der Waals surface area contributed by atoms with E-state index in [0.29, 0.717) is 16.8 Å². The van der Waals surface area contributed by atoms with Gasteiger partial charge in [0.15, 0.2) is 0 Å². The summed E-state index contributed by atoms with van der Waals surface area (Å²) >= 11 is 0. The molecule has 24 heavy (non-hydrogen) atoms. The third-order valence-electron chi connectivity index (χ3n) is 4.59. The highest BCUT2D eigenvalue weighted by Gasteiger charge is 2.25. The molecule has 3 rings (SSSR count). The maximum absolute atomic E-state index is 10.2. The molecule has 0 saturated carbocycles. The van der Waals surface area contributed by atoms with Gasteiger partial charge in [-0.05, 0) is 6.92 Å². The first kappa shape index (κ1) is 16.6. The second-order valence-electron chi connectivity index (χ2n) is 6.38. The van der Waals surface area contributed by atoms with E-state index < -0.39 is 0 Å². The molecule has 0 aliphatic carbocycles. The molecular weight excluding hydrogens is 302 g/mol. The number of rotatable bonds is 5. The van der Waals surface area contributed by atoms with Gasteiger partial charge in [0.05, 0.1) is 18.8 Å². The fourth-order valence-electron chi connectivity index (χ4n) is 3.18. The normalized spacial score (nSPS) is 20.8. The van der Waals surface area contributed by atoms with E-state index in [1.807, 2.05) is 6.07 Å². The molecule has 5 nitrogen and oxygen atoms in total. The topological polar surface area (TPSA) is 70.2 Å². The van der Waals surface area contributed by atoms with Crippen LogP contribution < -0.4 is 4.90 Å². The van der Waals surface area contributed by atoms with Crippen LogP contribution in [0.1, 0.15) is 28.8 Å². The van der Waals surface area contributed by atoms with Gasteiger partial charge in [-0.1, -0.05) is 30.3 Å². The summed E-state index contributed by atoms with van der Waals surface area (Å²) < 4.78 is 0. The Hall–Kier alpha value is -2.24. The van der Waals surface area contributed by atoms with Crippen LogP contribution in [0.5, 0.6) is 5.75 Å². The smallest absolute Gasteiger partial charge is 0.145 e. The van der Waals surface area contributed by atoms with Crippen molar-refractivity contribution in [2.24, 2.45) is 4.99 Å². The average Bonchev–Trinajstić information content (AvgIpc) is 3.04. The lowest BCUT2D eigenvalue weighted by Gasteiger charge is -2.12. The quantitative estimate of drug-likeness (QED) is 0.714. The second-order valence-corrected chi connectivity index (χ2v) is 6.38. The number of hydrogen-bond acceptors (Lipinski definition) is 4. The molecule has 1 fully saturated rings.